The maximum absolute atomic E-state index is 11.4. The van der Waals surface area contributed by atoms with Gasteiger partial charge in [-0.2, -0.15) is 0 Å². The van der Waals surface area contributed by atoms with Gasteiger partial charge in [0, 0.05) is 36.0 Å². The second-order valence-corrected chi connectivity index (χ2v) is 8.93. The monoisotopic (exact) mass is 524 g/mol. The fourth-order valence-electron chi connectivity index (χ4n) is 4.13. The average Bonchev–Trinajstić information content (AvgIpc) is 2.99. The van der Waals surface area contributed by atoms with Crippen molar-refractivity contribution in [2.45, 2.75) is 20.0 Å². The van der Waals surface area contributed by atoms with Crippen LogP contribution in [-0.4, -0.2) is 38.3 Å². The summed E-state index contributed by atoms with van der Waals surface area (Å²) in [5, 5.41) is 14.9. The number of nitrogens with zero attached hydrogens (tertiary/aromatic N) is 1. The first-order chi connectivity index (χ1) is 18.9. The summed E-state index contributed by atoms with van der Waals surface area (Å²) in [7, 11) is 4.89. The summed E-state index contributed by atoms with van der Waals surface area (Å²) >= 11 is 0. The lowest BCUT2D eigenvalue weighted by Crippen LogP contribution is -2.10. The summed E-state index contributed by atoms with van der Waals surface area (Å²) in [5.74, 6) is 2.71. The number of carbonyl (C=O) groups is 1. The topological polar surface area (TPSA) is 106 Å². The van der Waals surface area contributed by atoms with Crippen molar-refractivity contribution in [2.75, 3.05) is 32.0 Å². The Morgan fingerprint density at radius 1 is 0.795 bits per heavy atom. The minimum atomic E-state index is -0.132. The number of hydrogen-bond donors (Lipinski definition) is 3. The van der Waals surface area contributed by atoms with Crippen LogP contribution < -0.4 is 24.8 Å². The van der Waals surface area contributed by atoms with Crippen molar-refractivity contribution in [1.29, 1.82) is 5.41 Å². The zero-order valence-electron chi connectivity index (χ0n) is 22.5. The highest BCUT2D eigenvalue weighted by atomic mass is 16.5. The molecule has 39 heavy (non-hydrogen) atoms. The van der Waals surface area contributed by atoms with Crippen LogP contribution in [0.15, 0.2) is 72.8 Å². The van der Waals surface area contributed by atoms with Crippen LogP contribution in [0.4, 0.5) is 11.5 Å². The Morgan fingerprint density at radius 3 is 2.10 bits per heavy atom. The zero-order valence-corrected chi connectivity index (χ0v) is 22.5. The molecule has 0 spiro atoms. The zero-order chi connectivity index (χ0) is 27.8. The van der Waals surface area contributed by atoms with E-state index in [0.717, 1.165) is 50.9 Å². The van der Waals surface area contributed by atoms with E-state index in [1.165, 1.54) is 0 Å². The van der Waals surface area contributed by atoms with Crippen molar-refractivity contribution in [3.8, 4) is 28.5 Å². The molecular weight excluding hydrogens is 492 g/mol. The minimum absolute atomic E-state index is 0.132. The number of methoxy groups -OCH3 is 3. The Balaban J connectivity index is 1.59. The van der Waals surface area contributed by atoms with Gasteiger partial charge >= 0.3 is 0 Å². The summed E-state index contributed by atoms with van der Waals surface area (Å²) in [6.07, 6.45) is 0.526. The summed E-state index contributed by atoms with van der Waals surface area (Å²) in [6, 6.07) is 23.2. The SMILES string of the molecule is COc1ccc(CNc2nc(-c3cc(NCc4cc(OC)cc(OC)c4)ccc3C)ccc2C(=N)C=O)cc1. The second kappa shape index (κ2) is 12.6. The van der Waals surface area contributed by atoms with Gasteiger partial charge in [0.1, 0.15) is 28.8 Å². The number of aldehydes is 1. The number of ether oxygens (including phenoxy) is 3. The third-order valence-electron chi connectivity index (χ3n) is 6.34. The van der Waals surface area contributed by atoms with Crippen molar-refractivity contribution in [3.63, 3.8) is 0 Å². The molecular formula is C31H32N4O4. The van der Waals surface area contributed by atoms with E-state index < -0.39 is 0 Å². The molecule has 0 saturated carbocycles. The molecule has 1 heterocycles. The smallest absolute Gasteiger partial charge is 0.168 e. The fraction of sp³-hybridized carbons (Fsp3) is 0.194. The van der Waals surface area contributed by atoms with Crippen molar-refractivity contribution in [2.24, 2.45) is 0 Å². The first kappa shape index (κ1) is 27.2. The van der Waals surface area contributed by atoms with Crippen LogP contribution in [-0.2, 0) is 17.9 Å². The molecule has 8 heteroatoms. The average molecular weight is 525 g/mol. The van der Waals surface area contributed by atoms with Crippen LogP contribution in [0.25, 0.3) is 11.3 Å². The number of aromatic nitrogens is 1. The van der Waals surface area contributed by atoms with Gasteiger partial charge in [-0.25, -0.2) is 4.98 Å². The molecule has 0 radical (unpaired) electrons. The molecule has 0 aliphatic heterocycles. The molecule has 3 N–H and O–H groups in total. The predicted octanol–water partition coefficient (Wildman–Crippen LogP) is 5.87. The van der Waals surface area contributed by atoms with Crippen LogP contribution in [0, 0.1) is 12.3 Å². The van der Waals surface area contributed by atoms with Gasteiger partial charge in [0.2, 0.25) is 0 Å². The maximum atomic E-state index is 11.4. The molecule has 0 aliphatic rings. The van der Waals surface area contributed by atoms with Gasteiger partial charge in [-0.15, -0.1) is 0 Å². The lowest BCUT2D eigenvalue weighted by molar-refractivity contribution is -0.102. The number of anilines is 2. The van der Waals surface area contributed by atoms with Crippen LogP contribution in [0.3, 0.4) is 0 Å². The Kier molecular flexibility index (Phi) is 8.78. The molecule has 4 aromatic rings. The fourth-order valence-corrected chi connectivity index (χ4v) is 4.13. The summed E-state index contributed by atoms with van der Waals surface area (Å²) < 4.78 is 16.0. The highest BCUT2D eigenvalue weighted by Gasteiger charge is 2.13. The number of carbonyl (C=O) groups excluding carboxylic acids is 1. The van der Waals surface area contributed by atoms with E-state index in [-0.39, 0.29) is 5.71 Å². The highest BCUT2D eigenvalue weighted by Crippen LogP contribution is 2.29. The van der Waals surface area contributed by atoms with Gasteiger partial charge in [0.15, 0.2) is 6.29 Å². The number of rotatable bonds is 12. The molecule has 0 amide bonds. The van der Waals surface area contributed by atoms with Crippen molar-refractivity contribution in [1.82, 2.24) is 4.98 Å². The lowest BCUT2D eigenvalue weighted by atomic mass is 10.0. The van der Waals surface area contributed by atoms with E-state index in [1.807, 2.05) is 73.7 Å². The Hall–Kier alpha value is -4.85. The molecule has 1 aromatic heterocycles. The first-order valence-electron chi connectivity index (χ1n) is 12.4. The number of benzene rings is 3. The molecule has 8 nitrogen and oxygen atoms in total. The largest absolute Gasteiger partial charge is 0.497 e. The number of aryl methyl sites for hydroxylation is 1. The van der Waals surface area contributed by atoms with Crippen molar-refractivity contribution in [3.05, 3.63) is 95.1 Å². The van der Waals surface area contributed by atoms with Gasteiger partial charge in [0.05, 0.1) is 27.0 Å². The molecule has 0 bridgehead atoms. The first-order valence-corrected chi connectivity index (χ1v) is 12.4. The van der Waals surface area contributed by atoms with Crippen molar-refractivity contribution < 1.29 is 19.0 Å². The third-order valence-corrected chi connectivity index (χ3v) is 6.34. The number of nitrogens with one attached hydrogen (secondary N) is 3. The van der Waals surface area contributed by atoms with E-state index in [0.29, 0.717) is 30.8 Å². The Labute approximate surface area is 228 Å². The standard InChI is InChI=1S/C31H32N4O4/c1-20-5-8-23(33-18-22-13-25(38-3)16-26(14-22)39-4)15-28(20)30-12-11-27(29(32)19-36)31(35-30)34-17-21-6-9-24(37-2)10-7-21/h5-16,19,32-33H,17-18H2,1-4H3,(H,34,35). The summed E-state index contributed by atoms with van der Waals surface area (Å²) in [4.78, 5) is 16.2. The Morgan fingerprint density at radius 2 is 1.46 bits per heavy atom. The number of hydrogen-bond acceptors (Lipinski definition) is 8. The van der Waals surface area contributed by atoms with Crippen LogP contribution in [0.1, 0.15) is 22.3 Å². The normalized spacial score (nSPS) is 10.5. The van der Waals surface area contributed by atoms with E-state index in [4.69, 9.17) is 24.6 Å². The predicted molar refractivity (Wildman–Crippen MR) is 154 cm³/mol. The summed E-state index contributed by atoms with van der Waals surface area (Å²) in [5.41, 5.74) is 6.01. The van der Waals surface area contributed by atoms with E-state index in [1.54, 1.807) is 27.4 Å². The second-order valence-electron chi connectivity index (χ2n) is 8.93. The van der Waals surface area contributed by atoms with E-state index in [2.05, 4.69) is 10.6 Å². The van der Waals surface area contributed by atoms with Crippen LogP contribution in [0.2, 0.25) is 0 Å². The Bertz CT molecular complexity index is 1450. The molecule has 0 fully saturated rings. The van der Waals surface area contributed by atoms with Gasteiger partial charge < -0.3 is 24.8 Å². The minimum Gasteiger partial charge on any atom is -0.497 e. The highest BCUT2D eigenvalue weighted by molar-refractivity contribution is 6.36. The van der Waals surface area contributed by atoms with Gasteiger partial charge in [-0.3, -0.25) is 10.2 Å². The quantitative estimate of drug-likeness (QED) is 0.157. The van der Waals surface area contributed by atoms with Crippen molar-refractivity contribution >= 4 is 23.5 Å². The maximum Gasteiger partial charge on any atom is 0.168 e. The van der Waals surface area contributed by atoms with Gasteiger partial charge in [0.25, 0.3) is 0 Å². The molecule has 4 rings (SSSR count). The molecule has 0 atom stereocenters. The van der Waals surface area contributed by atoms with Crippen LogP contribution >= 0.6 is 0 Å². The van der Waals surface area contributed by atoms with Gasteiger partial charge in [-0.05, 0) is 72.1 Å². The van der Waals surface area contributed by atoms with Crippen LogP contribution in [0.5, 0.6) is 17.2 Å². The number of pyridine rings is 1. The van der Waals surface area contributed by atoms with E-state index in [9.17, 15) is 4.79 Å². The molecule has 0 saturated heterocycles. The van der Waals surface area contributed by atoms with Gasteiger partial charge in [-0.1, -0.05) is 18.2 Å². The lowest BCUT2D eigenvalue weighted by Gasteiger charge is -2.15. The van der Waals surface area contributed by atoms with E-state index >= 15 is 0 Å². The molecule has 200 valence electrons. The molecule has 0 unspecified atom stereocenters. The molecule has 0 aliphatic carbocycles. The molecule has 3 aromatic carbocycles. The summed E-state index contributed by atoms with van der Waals surface area (Å²) in [6.45, 7) is 3.08. The third kappa shape index (κ3) is 6.73.